The fraction of sp³-hybridized carbons (Fsp3) is 0.286. The number of anilines is 2. The minimum atomic E-state index is 0.212. The summed E-state index contributed by atoms with van der Waals surface area (Å²) in [5, 5.41) is 0. The van der Waals surface area contributed by atoms with Crippen molar-refractivity contribution in [3.63, 3.8) is 0 Å². The molecule has 0 fully saturated rings. The Morgan fingerprint density at radius 2 is 1.62 bits per heavy atom. The molecule has 0 aliphatic heterocycles. The van der Waals surface area contributed by atoms with E-state index in [4.69, 9.17) is 11.5 Å². The summed E-state index contributed by atoms with van der Waals surface area (Å²) in [6.07, 6.45) is 8.73. The summed E-state index contributed by atoms with van der Waals surface area (Å²) in [6, 6.07) is 4.43. The normalized spacial score (nSPS) is 10.8. The third-order valence-electron chi connectivity index (χ3n) is 3.04. The van der Waals surface area contributed by atoms with Crippen LogP contribution in [0.4, 0.5) is 11.8 Å². The van der Waals surface area contributed by atoms with Gasteiger partial charge in [-0.1, -0.05) is 0 Å². The molecule has 0 spiro atoms. The van der Waals surface area contributed by atoms with Crippen LogP contribution in [-0.2, 0) is 6.42 Å². The predicted octanol–water partition coefficient (Wildman–Crippen LogP) is 3.40. The lowest BCUT2D eigenvalue weighted by Gasteiger charge is -2.13. The number of benzene rings is 1. The molecule has 0 bridgehead atoms. The maximum Gasteiger partial charge on any atom is 0.221 e. The maximum absolute atomic E-state index is 5.92. The molecule has 1 aromatic heterocycles. The Morgan fingerprint density at radius 1 is 1.00 bits per heavy atom. The molecular weight excluding hydrogens is 320 g/mol. The largest absolute Gasteiger partial charge is 0.383 e. The van der Waals surface area contributed by atoms with Crippen LogP contribution in [0.25, 0.3) is 0 Å². The van der Waals surface area contributed by atoms with Gasteiger partial charge in [0.25, 0.3) is 0 Å². The number of nitrogens with zero attached hydrogens (tertiary/aromatic N) is 2. The molecule has 0 saturated carbocycles. The van der Waals surface area contributed by atoms with Crippen molar-refractivity contribution < 1.29 is 0 Å². The predicted molar refractivity (Wildman–Crippen MR) is 95.4 cm³/mol. The molecule has 7 heteroatoms. The fourth-order valence-electron chi connectivity index (χ4n) is 2.03. The van der Waals surface area contributed by atoms with Gasteiger partial charge in [-0.25, -0.2) is 4.98 Å². The summed E-state index contributed by atoms with van der Waals surface area (Å²) in [5.41, 5.74) is 13.6. The van der Waals surface area contributed by atoms with Crippen LogP contribution in [0.3, 0.4) is 0 Å². The highest BCUT2D eigenvalue weighted by Gasteiger charge is 2.11. The Labute approximate surface area is 137 Å². The zero-order valence-electron chi connectivity index (χ0n) is 12.2. The second kappa shape index (κ2) is 7.29. The van der Waals surface area contributed by atoms with Gasteiger partial charge in [-0.15, -0.1) is 35.3 Å². The van der Waals surface area contributed by atoms with Crippen molar-refractivity contribution in [2.45, 2.75) is 21.1 Å². The lowest BCUT2D eigenvalue weighted by molar-refractivity contribution is 1.04. The summed E-state index contributed by atoms with van der Waals surface area (Å²) in [4.78, 5) is 12.0. The average Bonchev–Trinajstić information content (AvgIpc) is 2.49. The number of rotatable bonds is 5. The van der Waals surface area contributed by atoms with E-state index in [1.807, 2.05) is 0 Å². The third kappa shape index (κ3) is 3.78. The number of hydrogen-bond acceptors (Lipinski definition) is 7. The van der Waals surface area contributed by atoms with E-state index >= 15 is 0 Å². The van der Waals surface area contributed by atoms with Gasteiger partial charge in [-0.3, -0.25) is 0 Å². The van der Waals surface area contributed by atoms with E-state index < -0.39 is 0 Å². The molecule has 1 aromatic carbocycles. The second-order valence-electron chi connectivity index (χ2n) is 4.35. The Morgan fingerprint density at radius 3 is 2.10 bits per heavy atom. The van der Waals surface area contributed by atoms with Crippen molar-refractivity contribution in [1.29, 1.82) is 0 Å². The van der Waals surface area contributed by atoms with Crippen molar-refractivity contribution in [1.82, 2.24) is 9.97 Å². The van der Waals surface area contributed by atoms with Gasteiger partial charge in [0.05, 0.1) is 0 Å². The molecule has 0 atom stereocenters. The molecule has 0 radical (unpaired) electrons. The van der Waals surface area contributed by atoms with Crippen molar-refractivity contribution >= 4 is 47.1 Å². The van der Waals surface area contributed by atoms with Crippen LogP contribution in [0.1, 0.15) is 11.1 Å². The molecule has 2 rings (SSSR count). The van der Waals surface area contributed by atoms with E-state index in [0.717, 1.165) is 5.56 Å². The molecule has 0 aliphatic rings. The molecule has 1 heterocycles. The number of aromatic nitrogens is 2. The molecule has 4 nitrogen and oxygen atoms in total. The van der Waals surface area contributed by atoms with E-state index in [0.29, 0.717) is 12.2 Å². The van der Waals surface area contributed by atoms with Crippen LogP contribution in [0.5, 0.6) is 0 Å². The molecule has 0 aliphatic carbocycles. The Kier molecular flexibility index (Phi) is 5.66. The van der Waals surface area contributed by atoms with Gasteiger partial charge in [0, 0.05) is 32.9 Å². The van der Waals surface area contributed by atoms with Crippen LogP contribution in [0.2, 0.25) is 0 Å². The first-order valence-corrected chi connectivity index (χ1v) is 9.92. The molecular formula is C14H18N4S3. The topological polar surface area (TPSA) is 77.8 Å². The second-order valence-corrected chi connectivity index (χ2v) is 6.86. The molecule has 21 heavy (non-hydrogen) atoms. The zero-order valence-corrected chi connectivity index (χ0v) is 14.7. The molecule has 112 valence electrons. The van der Waals surface area contributed by atoms with Crippen LogP contribution in [0.15, 0.2) is 33.0 Å². The van der Waals surface area contributed by atoms with Gasteiger partial charge < -0.3 is 11.5 Å². The molecule has 0 amide bonds. The summed E-state index contributed by atoms with van der Waals surface area (Å²) in [5.74, 6) is 0.663. The van der Waals surface area contributed by atoms with Crippen molar-refractivity contribution in [2.24, 2.45) is 0 Å². The average molecular weight is 339 g/mol. The Balaban J connectivity index is 2.40. The minimum absolute atomic E-state index is 0.212. The SMILES string of the molecule is CSc1cc(Cc2cnc(N)nc2N)cc(SC)c1SC. The smallest absolute Gasteiger partial charge is 0.221 e. The molecule has 4 N–H and O–H groups in total. The van der Waals surface area contributed by atoms with Gasteiger partial charge in [0.1, 0.15) is 5.82 Å². The summed E-state index contributed by atoms with van der Waals surface area (Å²) >= 11 is 5.31. The highest BCUT2D eigenvalue weighted by Crippen LogP contribution is 2.37. The number of nitrogen functional groups attached to an aromatic ring is 2. The van der Waals surface area contributed by atoms with Crippen LogP contribution in [0, 0.1) is 0 Å². The van der Waals surface area contributed by atoms with Crippen LogP contribution in [-0.4, -0.2) is 28.7 Å². The number of thioether (sulfide) groups is 3. The quantitative estimate of drug-likeness (QED) is 0.809. The van der Waals surface area contributed by atoms with Gasteiger partial charge in [-0.05, 0) is 36.5 Å². The summed E-state index contributed by atoms with van der Waals surface area (Å²) < 4.78 is 0. The Hall–Kier alpha value is -1.05. The lowest BCUT2D eigenvalue weighted by Crippen LogP contribution is -2.04. The first kappa shape index (κ1) is 16.3. The van der Waals surface area contributed by atoms with Crippen LogP contribution >= 0.6 is 35.3 Å². The van der Waals surface area contributed by atoms with E-state index in [9.17, 15) is 0 Å². The van der Waals surface area contributed by atoms with Gasteiger partial charge in [-0.2, -0.15) is 4.98 Å². The highest BCUT2D eigenvalue weighted by molar-refractivity contribution is 8.03. The molecule has 2 aromatic rings. The van der Waals surface area contributed by atoms with E-state index in [1.54, 1.807) is 41.5 Å². The monoisotopic (exact) mass is 338 g/mol. The number of nitrogens with two attached hydrogens (primary N) is 2. The van der Waals surface area contributed by atoms with E-state index in [-0.39, 0.29) is 5.95 Å². The van der Waals surface area contributed by atoms with Crippen molar-refractivity contribution in [2.75, 3.05) is 30.2 Å². The third-order valence-corrected chi connectivity index (χ3v) is 5.67. The lowest BCUT2D eigenvalue weighted by atomic mass is 10.1. The van der Waals surface area contributed by atoms with Crippen molar-refractivity contribution in [3.05, 3.63) is 29.5 Å². The van der Waals surface area contributed by atoms with Crippen LogP contribution < -0.4 is 11.5 Å². The van der Waals surface area contributed by atoms with E-state index in [2.05, 4.69) is 40.9 Å². The van der Waals surface area contributed by atoms with E-state index in [1.165, 1.54) is 20.2 Å². The zero-order chi connectivity index (χ0) is 15.4. The number of hydrogen-bond donors (Lipinski definition) is 2. The fourth-order valence-corrected chi connectivity index (χ4v) is 4.74. The van der Waals surface area contributed by atoms with Gasteiger partial charge in [0.2, 0.25) is 5.95 Å². The van der Waals surface area contributed by atoms with Gasteiger partial charge >= 0.3 is 0 Å². The standard InChI is InChI=1S/C14H18N4S3/c1-19-10-5-8(6-11(20-2)12(10)21-3)4-9-7-17-14(16)18-13(9)15/h5-7H,4H2,1-3H3,(H4,15,16,17,18). The Bertz CT molecular complexity index is 621. The summed E-state index contributed by atoms with van der Waals surface area (Å²) in [7, 11) is 0. The van der Waals surface area contributed by atoms with Gasteiger partial charge in [0.15, 0.2) is 0 Å². The maximum atomic E-state index is 5.92. The molecule has 0 saturated heterocycles. The first-order valence-electron chi connectivity index (χ1n) is 6.24. The van der Waals surface area contributed by atoms with Crippen molar-refractivity contribution in [3.8, 4) is 0 Å². The molecule has 0 unspecified atom stereocenters. The minimum Gasteiger partial charge on any atom is -0.383 e. The first-order chi connectivity index (χ1) is 10.1. The highest BCUT2D eigenvalue weighted by atomic mass is 32.2. The summed E-state index contributed by atoms with van der Waals surface area (Å²) in [6.45, 7) is 0.